The zero-order valence-electron chi connectivity index (χ0n) is 17.6. The van der Waals surface area contributed by atoms with Gasteiger partial charge in [-0.15, -0.1) is 0 Å². The van der Waals surface area contributed by atoms with Crippen molar-refractivity contribution in [2.24, 2.45) is 0 Å². The van der Waals surface area contributed by atoms with E-state index >= 15 is 0 Å². The lowest BCUT2D eigenvalue weighted by Gasteiger charge is -2.33. The van der Waals surface area contributed by atoms with Crippen molar-refractivity contribution in [3.8, 4) is 11.5 Å². The number of nitrogens with zero attached hydrogens (tertiary/aromatic N) is 1. The maximum Gasteiger partial charge on any atom is 0.243 e. The lowest BCUT2D eigenvalue weighted by molar-refractivity contribution is -0.116. The van der Waals surface area contributed by atoms with Gasteiger partial charge in [-0.3, -0.25) is 4.79 Å². The quantitative estimate of drug-likeness (QED) is 0.567. The highest BCUT2D eigenvalue weighted by atomic mass is 79.9. The van der Waals surface area contributed by atoms with E-state index in [4.69, 9.17) is 9.47 Å². The molecule has 0 aromatic heterocycles. The van der Waals surface area contributed by atoms with Gasteiger partial charge in [-0.2, -0.15) is 4.31 Å². The number of carbonyl (C=O) groups is 1. The predicted octanol–water partition coefficient (Wildman–Crippen LogP) is 4.43. The Morgan fingerprint density at radius 3 is 2.29 bits per heavy atom. The van der Waals surface area contributed by atoms with Gasteiger partial charge >= 0.3 is 0 Å². The smallest absolute Gasteiger partial charge is 0.243 e. The minimum atomic E-state index is -3.82. The molecule has 0 bridgehead atoms. The van der Waals surface area contributed by atoms with Gasteiger partial charge < -0.3 is 14.8 Å². The Morgan fingerprint density at radius 2 is 1.68 bits per heavy atom. The lowest BCUT2D eigenvalue weighted by atomic mass is 9.95. The number of amides is 1. The molecule has 1 amide bonds. The van der Waals surface area contributed by atoms with Gasteiger partial charge in [-0.25, -0.2) is 8.42 Å². The molecule has 0 spiro atoms. The van der Waals surface area contributed by atoms with E-state index in [0.29, 0.717) is 17.2 Å². The number of nitrogens with one attached hydrogen (secondary N) is 1. The third-order valence-corrected chi connectivity index (χ3v) is 7.81. The molecular formula is C22H27BrN2O5S. The van der Waals surface area contributed by atoms with Crippen molar-refractivity contribution in [1.29, 1.82) is 0 Å². The third-order valence-electron chi connectivity index (χ3n) is 5.37. The van der Waals surface area contributed by atoms with Crippen LogP contribution in [0.4, 0.5) is 5.69 Å². The fourth-order valence-electron chi connectivity index (χ4n) is 3.78. The minimum Gasteiger partial charge on any atom is -0.493 e. The first-order chi connectivity index (χ1) is 14.8. The molecule has 0 radical (unpaired) electrons. The zero-order valence-corrected chi connectivity index (χ0v) is 20.0. The molecule has 168 valence electrons. The topological polar surface area (TPSA) is 84.9 Å². The molecule has 3 rings (SSSR count). The molecule has 1 N–H and O–H groups in total. The molecule has 0 aliphatic heterocycles. The Labute approximate surface area is 191 Å². The average molecular weight is 511 g/mol. The Bertz CT molecular complexity index is 1010. The molecule has 0 heterocycles. The summed E-state index contributed by atoms with van der Waals surface area (Å²) in [4.78, 5) is 13.0. The van der Waals surface area contributed by atoms with E-state index in [1.165, 1.54) is 18.5 Å². The van der Waals surface area contributed by atoms with Crippen LogP contribution in [0.5, 0.6) is 11.5 Å². The highest BCUT2D eigenvalue weighted by Crippen LogP contribution is 2.31. The van der Waals surface area contributed by atoms with Crippen LogP contribution in [0.15, 0.2) is 51.8 Å². The highest BCUT2D eigenvalue weighted by Gasteiger charge is 2.34. The standard InChI is InChI=1S/C22H27BrN2O5S/c1-29-20-13-10-17(14-21(20)30-2)24-22(26)15-25(18-6-4-3-5-7-18)31(27,28)19-11-8-16(23)9-12-19/h8-14,18H,3-7,15H2,1-2H3,(H,24,26). The van der Waals surface area contributed by atoms with Gasteiger partial charge in [0.05, 0.1) is 25.7 Å². The molecule has 31 heavy (non-hydrogen) atoms. The van der Waals surface area contributed by atoms with Crippen molar-refractivity contribution in [3.05, 3.63) is 46.9 Å². The molecule has 9 heteroatoms. The van der Waals surface area contributed by atoms with Crippen LogP contribution in [0, 0.1) is 0 Å². The van der Waals surface area contributed by atoms with Gasteiger partial charge in [-0.05, 0) is 49.2 Å². The summed E-state index contributed by atoms with van der Waals surface area (Å²) in [5.74, 6) is 0.618. The van der Waals surface area contributed by atoms with Crippen molar-refractivity contribution in [3.63, 3.8) is 0 Å². The van der Waals surface area contributed by atoms with E-state index in [0.717, 1.165) is 36.6 Å². The fourth-order valence-corrected chi connectivity index (χ4v) is 5.68. The molecule has 2 aromatic rings. The maximum atomic E-state index is 13.4. The minimum absolute atomic E-state index is 0.181. The average Bonchev–Trinajstić information content (AvgIpc) is 2.78. The second kappa shape index (κ2) is 10.5. The monoisotopic (exact) mass is 510 g/mol. The number of hydrogen-bond acceptors (Lipinski definition) is 5. The van der Waals surface area contributed by atoms with Gasteiger partial charge in [0.15, 0.2) is 11.5 Å². The van der Waals surface area contributed by atoms with Crippen molar-refractivity contribution in [1.82, 2.24) is 4.31 Å². The Morgan fingerprint density at radius 1 is 1.03 bits per heavy atom. The fraction of sp³-hybridized carbons (Fsp3) is 0.409. The van der Waals surface area contributed by atoms with Crippen LogP contribution in [0.3, 0.4) is 0 Å². The normalized spacial score (nSPS) is 15.0. The van der Waals surface area contributed by atoms with E-state index in [1.807, 2.05) is 0 Å². The number of halogens is 1. The summed E-state index contributed by atoms with van der Waals surface area (Å²) >= 11 is 3.33. The number of carbonyl (C=O) groups excluding carboxylic acids is 1. The molecule has 0 saturated heterocycles. The van der Waals surface area contributed by atoms with E-state index < -0.39 is 15.9 Å². The molecule has 0 atom stereocenters. The predicted molar refractivity (Wildman–Crippen MR) is 123 cm³/mol. The second-order valence-electron chi connectivity index (χ2n) is 7.41. The van der Waals surface area contributed by atoms with Crippen molar-refractivity contribution >= 4 is 37.5 Å². The van der Waals surface area contributed by atoms with Crippen LogP contribution in [-0.4, -0.2) is 45.4 Å². The number of methoxy groups -OCH3 is 2. The number of ether oxygens (including phenoxy) is 2. The summed E-state index contributed by atoms with van der Waals surface area (Å²) in [6.45, 7) is -0.253. The summed E-state index contributed by atoms with van der Waals surface area (Å²) in [5, 5.41) is 2.78. The first-order valence-corrected chi connectivity index (χ1v) is 12.4. The van der Waals surface area contributed by atoms with E-state index in [-0.39, 0.29) is 17.5 Å². The second-order valence-corrected chi connectivity index (χ2v) is 10.2. The third kappa shape index (κ3) is 5.78. The van der Waals surface area contributed by atoms with E-state index in [1.54, 1.807) is 42.5 Å². The number of hydrogen-bond donors (Lipinski definition) is 1. The van der Waals surface area contributed by atoms with Gasteiger partial charge in [0, 0.05) is 22.3 Å². The molecular weight excluding hydrogens is 484 g/mol. The summed E-state index contributed by atoms with van der Waals surface area (Å²) in [7, 11) is -0.775. The molecule has 1 aliphatic rings. The van der Waals surface area contributed by atoms with Gasteiger partial charge in [0.1, 0.15) is 0 Å². The van der Waals surface area contributed by atoms with Crippen molar-refractivity contribution < 1.29 is 22.7 Å². The number of anilines is 1. The van der Waals surface area contributed by atoms with Crippen LogP contribution >= 0.6 is 15.9 Å². The largest absolute Gasteiger partial charge is 0.493 e. The zero-order chi connectivity index (χ0) is 22.4. The van der Waals surface area contributed by atoms with Crippen LogP contribution in [-0.2, 0) is 14.8 Å². The van der Waals surface area contributed by atoms with E-state index in [9.17, 15) is 13.2 Å². The van der Waals surface area contributed by atoms with Gasteiger partial charge in [0.2, 0.25) is 15.9 Å². The molecule has 2 aromatic carbocycles. The Balaban J connectivity index is 1.83. The van der Waals surface area contributed by atoms with Gasteiger partial charge in [0.25, 0.3) is 0 Å². The number of benzene rings is 2. The number of rotatable bonds is 8. The molecule has 7 nitrogen and oxygen atoms in total. The molecule has 1 aliphatic carbocycles. The molecule has 1 fully saturated rings. The van der Waals surface area contributed by atoms with E-state index in [2.05, 4.69) is 21.2 Å². The SMILES string of the molecule is COc1ccc(NC(=O)CN(C2CCCCC2)S(=O)(=O)c2ccc(Br)cc2)cc1OC. The van der Waals surface area contributed by atoms with Gasteiger partial charge in [-0.1, -0.05) is 35.2 Å². The Kier molecular flexibility index (Phi) is 7.96. The summed E-state index contributed by atoms with van der Waals surface area (Å²) < 4.78 is 39.4. The summed E-state index contributed by atoms with van der Waals surface area (Å²) in [5.41, 5.74) is 0.507. The highest BCUT2D eigenvalue weighted by molar-refractivity contribution is 9.10. The van der Waals surface area contributed by atoms with Crippen molar-refractivity contribution in [2.45, 2.75) is 43.0 Å². The first kappa shape index (κ1) is 23.6. The van der Waals surface area contributed by atoms with Crippen LogP contribution in [0.1, 0.15) is 32.1 Å². The summed E-state index contributed by atoms with van der Waals surface area (Å²) in [6, 6.07) is 11.3. The van der Waals surface area contributed by atoms with Crippen LogP contribution in [0.2, 0.25) is 0 Å². The lowest BCUT2D eigenvalue weighted by Crippen LogP contribution is -2.45. The number of sulfonamides is 1. The maximum absolute atomic E-state index is 13.4. The Hall–Kier alpha value is -2.10. The van der Waals surface area contributed by atoms with Crippen molar-refractivity contribution in [2.75, 3.05) is 26.1 Å². The first-order valence-electron chi connectivity index (χ1n) is 10.1. The van der Waals surface area contributed by atoms with Crippen LogP contribution in [0.25, 0.3) is 0 Å². The van der Waals surface area contributed by atoms with Crippen LogP contribution < -0.4 is 14.8 Å². The summed E-state index contributed by atoms with van der Waals surface area (Å²) in [6.07, 6.45) is 4.49. The molecule has 0 unspecified atom stereocenters. The molecule has 1 saturated carbocycles.